The summed E-state index contributed by atoms with van der Waals surface area (Å²) in [7, 11) is 0. The number of anilines is 1. The van der Waals surface area contributed by atoms with Crippen molar-refractivity contribution >= 4 is 17.3 Å². The molecule has 0 aliphatic heterocycles. The molecule has 0 aromatic carbocycles. The second-order valence-corrected chi connectivity index (χ2v) is 6.14. The molecule has 1 fully saturated rings. The minimum Gasteiger partial charge on any atom is -0.382 e. The normalized spacial score (nSPS) is 14.9. The lowest BCUT2D eigenvalue weighted by atomic mass is 10.2. The fourth-order valence-electron chi connectivity index (χ4n) is 2.08. The Bertz CT molecular complexity index is 480. The number of nitrogens with one attached hydrogen (secondary N) is 1. The minimum absolute atomic E-state index is 0.206. The molecule has 4 nitrogen and oxygen atoms in total. The van der Waals surface area contributed by atoms with E-state index in [0.29, 0.717) is 18.2 Å². The van der Waals surface area contributed by atoms with Gasteiger partial charge in [-0.2, -0.15) is 5.10 Å². The highest BCUT2D eigenvalue weighted by Crippen LogP contribution is 2.33. The summed E-state index contributed by atoms with van der Waals surface area (Å²) in [6.07, 6.45) is 6.81. The van der Waals surface area contributed by atoms with Crippen LogP contribution in [0.5, 0.6) is 0 Å². The van der Waals surface area contributed by atoms with E-state index in [4.69, 9.17) is 11.6 Å². The number of rotatable bonds is 7. The van der Waals surface area contributed by atoms with Gasteiger partial charge in [-0.25, -0.2) is 4.68 Å². The van der Waals surface area contributed by atoms with E-state index in [1.807, 2.05) is 13.8 Å². The van der Waals surface area contributed by atoms with Gasteiger partial charge in [-0.1, -0.05) is 38.3 Å². The quantitative estimate of drug-likeness (QED) is 0.782. The lowest BCUT2D eigenvalue weighted by Gasteiger charge is -2.11. The van der Waals surface area contributed by atoms with Gasteiger partial charge in [-0.05, 0) is 24.7 Å². The average Bonchev–Trinajstić information content (AvgIpc) is 3.16. The van der Waals surface area contributed by atoms with Gasteiger partial charge in [0.15, 0.2) is 0 Å². The predicted octanol–water partition coefficient (Wildman–Crippen LogP) is 3.15. The average molecular weight is 284 g/mol. The summed E-state index contributed by atoms with van der Waals surface area (Å²) in [5.41, 5.74) is 0.449. The SMILES string of the molecule is CC(C)Cn1ncc(NCCCC2CC2)c(Cl)c1=O. The van der Waals surface area contributed by atoms with Gasteiger partial charge in [0.25, 0.3) is 5.56 Å². The van der Waals surface area contributed by atoms with E-state index in [1.165, 1.54) is 23.9 Å². The Kier molecular flexibility index (Phi) is 4.86. The molecule has 0 atom stereocenters. The second-order valence-electron chi connectivity index (χ2n) is 5.77. The summed E-state index contributed by atoms with van der Waals surface area (Å²) in [5, 5.41) is 7.62. The number of halogens is 1. The van der Waals surface area contributed by atoms with Crippen molar-refractivity contribution in [2.45, 2.75) is 46.1 Å². The molecule has 0 unspecified atom stereocenters. The molecular formula is C14H22ClN3O. The second kappa shape index (κ2) is 6.42. The van der Waals surface area contributed by atoms with Crippen LogP contribution in [0.25, 0.3) is 0 Å². The Morgan fingerprint density at radius 2 is 2.26 bits per heavy atom. The van der Waals surface area contributed by atoms with Crippen molar-refractivity contribution in [1.29, 1.82) is 0 Å². The molecule has 1 aliphatic rings. The first kappa shape index (κ1) is 14.4. The fraction of sp³-hybridized carbons (Fsp3) is 0.714. The molecule has 1 N–H and O–H groups in total. The summed E-state index contributed by atoms with van der Waals surface area (Å²) in [4.78, 5) is 12.0. The van der Waals surface area contributed by atoms with Crippen LogP contribution in [-0.4, -0.2) is 16.3 Å². The maximum Gasteiger partial charge on any atom is 0.287 e. The Hall–Kier alpha value is -1.03. The Morgan fingerprint density at radius 1 is 1.53 bits per heavy atom. The van der Waals surface area contributed by atoms with Crippen LogP contribution in [0.1, 0.15) is 39.5 Å². The maximum atomic E-state index is 12.0. The topological polar surface area (TPSA) is 46.9 Å². The van der Waals surface area contributed by atoms with Gasteiger partial charge in [-0.15, -0.1) is 0 Å². The molecular weight excluding hydrogens is 262 g/mol. The largest absolute Gasteiger partial charge is 0.382 e. The summed E-state index contributed by atoms with van der Waals surface area (Å²) < 4.78 is 1.43. The van der Waals surface area contributed by atoms with Crippen molar-refractivity contribution < 1.29 is 0 Å². The van der Waals surface area contributed by atoms with Crippen molar-refractivity contribution in [2.75, 3.05) is 11.9 Å². The minimum atomic E-state index is -0.206. The molecule has 0 amide bonds. The Labute approximate surface area is 119 Å². The van der Waals surface area contributed by atoms with Crippen LogP contribution in [0, 0.1) is 11.8 Å². The van der Waals surface area contributed by atoms with Crippen LogP contribution < -0.4 is 10.9 Å². The third-order valence-corrected chi connectivity index (χ3v) is 3.69. The van der Waals surface area contributed by atoms with Gasteiger partial charge in [0.2, 0.25) is 0 Å². The first-order valence-corrected chi connectivity index (χ1v) is 7.45. The van der Waals surface area contributed by atoms with Crippen molar-refractivity contribution in [3.05, 3.63) is 21.6 Å². The zero-order valence-electron chi connectivity index (χ0n) is 11.7. The third-order valence-electron chi connectivity index (χ3n) is 3.32. The molecule has 1 aromatic heterocycles. The molecule has 0 saturated heterocycles. The first-order valence-electron chi connectivity index (χ1n) is 7.07. The van der Waals surface area contributed by atoms with Crippen LogP contribution in [0.15, 0.2) is 11.0 Å². The Balaban J connectivity index is 1.92. The highest BCUT2D eigenvalue weighted by Gasteiger charge is 2.20. The van der Waals surface area contributed by atoms with E-state index in [-0.39, 0.29) is 10.6 Å². The van der Waals surface area contributed by atoms with E-state index >= 15 is 0 Å². The van der Waals surface area contributed by atoms with E-state index in [2.05, 4.69) is 10.4 Å². The molecule has 2 rings (SSSR count). The van der Waals surface area contributed by atoms with Crippen LogP contribution >= 0.6 is 11.6 Å². The molecule has 1 aromatic rings. The lowest BCUT2D eigenvalue weighted by Crippen LogP contribution is -2.26. The van der Waals surface area contributed by atoms with Crippen molar-refractivity contribution in [1.82, 2.24) is 9.78 Å². The third kappa shape index (κ3) is 4.23. The molecule has 1 aliphatic carbocycles. The van der Waals surface area contributed by atoms with Crippen LogP contribution in [0.4, 0.5) is 5.69 Å². The summed E-state index contributed by atoms with van der Waals surface area (Å²) in [6, 6.07) is 0. The fourth-order valence-corrected chi connectivity index (χ4v) is 2.30. The van der Waals surface area contributed by atoms with E-state index in [9.17, 15) is 4.79 Å². The summed E-state index contributed by atoms with van der Waals surface area (Å²) >= 11 is 6.10. The van der Waals surface area contributed by atoms with Crippen molar-refractivity contribution in [2.24, 2.45) is 11.8 Å². The number of aromatic nitrogens is 2. The molecule has 19 heavy (non-hydrogen) atoms. The van der Waals surface area contributed by atoms with Crippen LogP contribution in [0.2, 0.25) is 5.02 Å². The van der Waals surface area contributed by atoms with Gasteiger partial charge >= 0.3 is 0 Å². The molecule has 1 heterocycles. The van der Waals surface area contributed by atoms with Crippen LogP contribution in [-0.2, 0) is 6.54 Å². The van der Waals surface area contributed by atoms with Crippen molar-refractivity contribution in [3.8, 4) is 0 Å². The van der Waals surface area contributed by atoms with E-state index in [0.717, 1.165) is 18.9 Å². The van der Waals surface area contributed by atoms with Crippen LogP contribution in [0.3, 0.4) is 0 Å². The monoisotopic (exact) mass is 283 g/mol. The zero-order chi connectivity index (χ0) is 13.8. The maximum absolute atomic E-state index is 12.0. The number of hydrogen-bond acceptors (Lipinski definition) is 3. The highest BCUT2D eigenvalue weighted by atomic mass is 35.5. The van der Waals surface area contributed by atoms with Crippen molar-refractivity contribution in [3.63, 3.8) is 0 Å². The van der Waals surface area contributed by atoms with E-state index < -0.39 is 0 Å². The summed E-state index contributed by atoms with van der Waals surface area (Å²) in [5.74, 6) is 1.31. The highest BCUT2D eigenvalue weighted by molar-refractivity contribution is 6.32. The molecule has 106 valence electrons. The molecule has 1 saturated carbocycles. The molecule has 5 heteroatoms. The molecule has 0 spiro atoms. The molecule has 0 bridgehead atoms. The van der Waals surface area contributed by atoms with Gasteiger partial charge in [-0.3, -0.25) is 4.79 Å². The van der Waals surface area contributed by atoms with Gasteiger partial charge in [0.1, 0.15) is 5.02 Å². The number of nitrogens with zero attached hydrogens (tertiary/aromatic N) is 2. The standard InChI is InChI=1S/C14H22ClN3O/c1-10(2)9-18-14(19)13(15)12(8-17-18)16-7-3-4-11-5-6-11/h8,10-11,16H,3-7,9H2,1-2H3. The Morgan fingerprint density at radius 3 is 2.89 bits per heavy atom. The first-order chi connectivity index (χ1) is 9.08. The predicted molar refractivity (Wildman–Crippen MR) is 78.8 cm³/mol. The molecule has 0 radical (unpaired) electrons. The number of hydrogen-bond donors (Lipinski definition) is 1. The van der Waals surface area contributed by atoms with E-state index in [1.54, 1.807) is 6.20 Å². The van der Waals surface area contributed by atoms with Gasteiger partial charge < -0.3 is 5.32 Å². The lowest BCUT2D eigenvalue weighted by molar-refractivity contribution is 0.464. The smallest absolute Gasteiger partial charge is 0.287 e. The van der Waals surface area contributed by atoms with Gasteiger partial charge in [0, 0.05) is 13.1 Å². The summed E-state index contributed by atoms with van der Waals surface area (Å²) in [6.45, 7) is 5.55. The van der Waals surface area contributed by atoms with Gasteiger partial charge in [0.05, 0.1) is 11.9 Å². The zero-order valence-corrected chi connectivity index (χ0v) is 12.4.